The molecular formula is C16H26N2OS. The third-order valence-electron chi connectivity index (χ3n) is 3.97. The molecule has 2 rings (SSSR count). The fraction of sp³-hybridized carbons (Fsp3) is 0.625. The molecular weight excluding hydrogens is 268 g/mol. The summed E-state index contributed by atoms with van der Waals surface area (Å²) in [5, 5.41) is 3.90. The van der Waals surface area contributed by atoms with Gasteiger partial charge in [0.05, 0.1) is 0 Å². The molecule has 1 aliphatic heterocycles. The molecule has 0 bridgehead atoms. The van der Waals surface area contributed by atoms with E-state index >= 15 is 0 Å². The summed E-state index contributed by atoms with van der Waals surface area (Å²) in [6, 6.07) is 11.2. The number of hydrogen-bond acceptors (Lipinski definition) is 3. The second-order valence-corrected chi connectivity index (χ2v) is 7.57. The fourth-order valence-corrected chi connectivity index (χ4v) is 3.17. The molecule has 0 radical (unpaired) electrons. The maximum atomic E-state index is 11.5. The second-order valence-electron chi connectivity index (χ2n) is 5.76. The molecule has 4 heteroatoms. The van der Waals surface area contributed by atoms with Crippen molar-refractivity contribution in [1.29, 1.82) is 0 Å². The van der Waals surface area contributed by atoms with Crippen LogP contribution in [0.4, 0.5) is 0 Å². The van der Waals surface area contributed by atoms with Gasteiger partial charge < -0.3 is 10.2 Å². The first-order valence-electron chi connectivity index (χ1n) is 7.47. The van der Waals surface area contributed by atoms with Crippen molar-refractivity contribution in [3.8, 4) is 0 Å². The third-order valence-corrected chi connectivity index (χ3v) is 5.25. The van der Waals surface area contributed by atoms with Gasteiger partial charge in [-0.25, -0.2) is 0 Å². The van der Waals surface area contributed by atoms with Gasteiger partial charge in [-0.05, 0) is 38.4 Å². The molecule has 0 amide bonds. The third kappa shape index (κ3) is 5.00. The Morgan fingerprint density at radius 2 is 2.15 bits per heavy atom. The summed E-state index contributed by atoms with van der Waals surface area (Å²) in [5.74, 6) is 0. The molecule has 3 unspecified atom stereocenters. The maximum Gasteiger partial charge on any atom is 0.0444 e. The smallest absolute Gasteiger partial charge is 0.0444 e. The predicted molar refractivity (Wildman–Crippen MR) is 86.5 cm³/mol. The van der Waals surface area contributed by atoms with Crippen molar-refractivity contribution in [3.63, 3.8) is 0 Å². The topological polar surface area (TPSA) is 32.3 Å². The molecule has 1 N–H and O–H groups in total. The summed E-state index contributed by atoms with van der Waals surface area (Å²) in [5.41, 5.74) is 1.39. The first-order chi connectivity index (χ1) is 9.65. The summed E-state index contributed by atoms with van der Waals surface area (Å²) in [4.78, 5) is 2.47. The van der Waals surface area contributed by atoms with Crippen LogP contribution in [0.25, 0.3) is 0 Å². The molecule has 112 valence electrons. The van der Waals surface area contributed by atoms with E-state index in [0.717, 1.165) is 32.6 Å². The van der Waals surface area contributed by atoms with Crippen molar-refractivity contribution < 1.29 is 4.21 Å². The normalized spacial score (nSPS) is 24.0. The zero-order valence-electron chi connectivity index (χ0n) is 12.5. The zero-order chi connectivity index (χ0) is 14.4. The minimum atomic E-state index is -0.729. The summed E-state index contributed by atoms with van der Waals surface area (Å²) < 4.78 is 11.5. The summed E-state index contributed by atoms with van der Waals surface area (Å²) in [6.07, 6.45) is 4.05. The Kier molecular flexibility index (Phi) is 6.20. The standard InChI is InChI=1S/C16H26N2OS/c1-14(20(2)19)12-18-10-6-9-17-16(13-18)11-15-7-4-3-5-8-15/h3-5,7-8,14,16-17H,6,9-13H2,1-2H3. The molecule has 3 atom stereocenters. The molecule has 1 heterocycles. The first kappa shape index (κ1) is 15.7. The Bertz CT molecular complexity index is 424. The van der Waals surface area contributed by atoms with E-state index in [-0.39, 0.29) is 5.25 Å². The van der Waals surface area contributed by atoms with E-state index in [0.29, 0.717) is 6.04 Å². The van der Waals surface area contributed by atoms with Gasteiger partial charge in [-0.2, -0.15) is 0 Å². The highest BCUT2D eigenvalue weighted by Crippen LogP contribution is 2.09. The van der Waals surface area contributed by atoms with Crippen LogP contribution in [-0.2, 0) is 17.2 Å². The van der Waals surface area contributed by atoms with E-state index in [4.69, 9.17) is 0 Å². The molecule has 0 spiro atoms. The van der Waals surface area contributed by atoms with Crippen LogP contribution in [0.3, 0.4) is 0 Å². The molecule has 1 fully saturated rings. The second kappa shape index (κ2) is 7.91. The van der Waals surface area contributed by atoms with Crippen molar-refractivity contribution in [2.75, 3.05) is 32.4 Å². The van der Waals surface area contributed by atoms with Crippen molar-refractivity contribution >= 4 is 10.8 Å². The van der Waals surface area contributed by atoms with E-state index in [1.54, 1.807) is 0 Å². The van der Waals surface area contributed by atoms with Gasteiger partial charge in [0.15, 0.2) is 0 Å². The van der Waals surface area contributed by atoms with E-state index in [1.807, 2.05) is 6.26 Å². The number of hydrogen-bond donors (Lipinski definition) is 1. The van der Waals surface area contributed by atoms with Gasteiger partial charge >= 0.3 is 0 Å². The average Bonchev–Trinajstić information content (AvgIpc) is 2.65. The van der Waals surface area contributed by atoms with E-state index in [1.165, 1.54) is 12.0 Å². The van der Waals surface area contributed by atoms with Crippen LogP contribution in [0.1, 0.15) is 18.9 Å². The fourth-order valence-electron chi connectivity index (χ4n) is 2.75. The minimum absolute atomic E-state index is 0.255. The van der Waals surface area contributed by atoms with Crippen LogP contribution in [0.15, 0.2) is 30.3 Å². The van der Waals surface area contributed by atoms with Crippen molar-refractivity contribution in [3.05, 3.63) is 35.9 Å². The number of benzene rings is 1. The molecule has 0 aliphatic carbocycles. The zero-order valence-corrected chi connectivity index (χ0v) is 13.4. The Hall–Kier alpha value is -0.710. The lowest BCUT2D eigenvalue weighted by Crippen LogP contribution is -2.42. The Labute approximate surface area is 125 Å². The van der Waals surface area contributed by atoms with Crippen molar-refractivity contribution in [2.24, 2.45) is 0 Å². The van der Waals surface area contributed by atoms with Crippen LogP contribution in [0.5, 0.6) is 0 Å². The molecule has 0 saturated carbocycles. The number of rotatable bonds is 5. The van der Waals surface area contributed by atoms with Gasteiger partial charge in [0.2, 0.25) is 0 Å². The van der Waals surface area contributed by atoms with Crippen molar-refractivity contribution in [1.82, 2.24) is 10.2 Å². The number of nitrogens with one attached hydrogen (secondary N) is 1. The molecule has 0 aromatic heterocycles. The minimum Gasteiger partial charge on any atom is -0.312 e. The highest BCUT2D eigenvalue weighted by Gasteiger charge is 2.20. The quantitative estimate of drug-likeness (QED) is 0.896. The molecule has 1 aromatic carbocycles. The van der Waals surface area contributed by atoms with Gasteiger partial charge in [-0.3, -0.25) is 4.21 Å². The van der Waals surface area contributed by atoms with Gasteiger partial charge in [0.25, 0.3) is 0 Å². The van der Waals surface area contributed by atoms with E-state index < -0.39 is 10.8 Å². The van der Waals surface area contributed by atoms with Gasteiger partial charge in [0.1, 0.15) is 0 Å². The molecule has 20 heavy (non-hydrogen) atoms. The van der Waals surface area contributed by atoms with Gasteiger partial charge in [-0.1, -0.05) is 30.3 Å². The van der Waals surface area contributed by atoms with Gasteiger partial charge in [0, 0.05) is 41.4 Å². The molecule has 3 nitrogen and oxygen atoms in total. The average molecular weight is 294 g/mol. The Morgan fingerprint density at radius 3 is 2.85 bits per heavy atom. The maximum absolute atomic E-state index is 11.5. The Balaban J connectivity index is 1.91. The highest BCUT2D eigenvalue weighted by molar-refractivity contribution is 7.84. The lowest BCUT2D eigenvalue weighted by molar-refractivity contribution is 0.269. The SMILES string of the molecule is CC(CN1CCCNC(Cc2ccccc2)C1)S(C)=O. The van der Waals surface area contributed by atoms with Gasteiger partial charge in [-0.15, -0.1) is 0 Å². The van der Waals surface area contributed by atoms with Crippen molar-refractivity contribution in [2.45, 2.75) is 31.1 Å². The van der Waals surface area contributed by atoms with E-state index in [2.05, 4.69) is 47.5 Å². The summed E-state index contributed by atoms with van der Waals surface area (Å²) >= 11 is 0. The lowest BCUT2D eigenvalue weighted by atomic mass is 10.1. The van der Waals surface area contributed by atoms with Crippen LogP contribution < -0.4 is 5.32 Å². The summed E-state index contributed by atoms with van der Waals surface area (Å²) in [7, 11) is -0.729. The predicted octanol–water partition coefficient (Wildman–Crippen LogP) is 1.66. The Morgan fingerprint density at radius 1 is 1.40 bits per heavy atom. The molecule has 1 aromatic rings. The first-order valence-corrected chi connectivity index (χ1v) is 9.09. The van der Waals surface area contributed by atoms with Crippen LogP contribution in [-0.4, -0.2) is 52.8 Å². The highest BCUT2D eigenvalue weighted by atomic mass is 32.2. The van der Waals surface area contributed by atoms with Crippen LogP contribution in [0, 0.1) is 0 Å². The van der Waals surface area contributed by atoms with E-state index in [9.17, 15) is 4.21 Å². The summed E-state index contributed by atoms with van der Waals surface area (Å²) in [6.45, 7) is 6.27. The number of nitrogens with zero attached hydrogens (tertiary/aromatic N) is 1. The van der Waals surface area contributed by atoms with Crippen LogP contribution >= 0.6 is 0 Å². The van der Waals surface area contributed by atoms with Crippen LogP contribution in [0.2, 0.25) is 0 Å². The molecule has 1 aliphatic rings. The lowest BCUT2D eigenvalue weighted by Gasteiger charge is -2.26. The molecule has 1 saturated heterocycles. The largest absolute Gasteiger partial charge is 0.312 e. The monoisotopic (exact) mass is 294 g/mol.